The van der Waals surface area contributed by atoms with E-state index in [1.807, 2.05) is 56.3 Å². The maximum Gasteiger partial charge on any atom is 0.122 e. The van der Waals surface area contributed by atoms with Crippen molar-refractivity contribution in [3.8, 4) is 23.0 Å². The van der Waals surface area contributed by atoms with E-state index in [9.17, 15) is 20.4 Å². The molecule has 0 unspecified atom stereocenters. The Balaban J connectivity index is 1.43. The third-order valence-corrected chi connectivity index (χ3v) is 8.46. The van der Waals surface area contributed by atoms with Crippen LogP contribution in [-0.2, 0) is 25.7 Å². The number of benzene rings is 5. The molecule has 43 heavy (non-hydrogen) atoms. The van der Waals surface area contributed by atoms with Crippen LogP contribution in [0.3, 0.4) is 0 Å². The molecule has 0 radical (unpaired) electrons. The monoisotopic (exact) mass is 572 g/mol. The number of aryl methyl sites for hydroxylation is 4. The molecular weight excluding hydrogens is 532 g/mol. The van der Waals surface area contributed by atoms with E-state index in [0.29, 0.717) is 30.8 Å². The summed E-state index contributed by atoms with van der Waals surface area (Å²) in [4.78, 5) is 0. The molecule has 4 N–H and O–H groups in total. The van der Waals surface area contributed by atoms with Gasteiger partial charge in [-0.2, -0.15) is 0 Å². The Morgan fingerprint density at radius 3 is 1.65 bits per heavy atom. The second kappa shape index (κ2) is 12.3. The van der Waals surface area contributed by atoms with Crippen LogP contribution in [0.1, 0.15) is 72.3 Å². The zero-order chi connectivity index (χ0) is 30.8. The van der Waals surface area contributed by atoms with E-state index in [0.717, 1.165) is 56.5 Å². The lowest BCUT2D eigenvalue weighted by atomic mass is 9.89. The van der Waals surface area contributed by atoms with Crippen molar-refractivity contribution in [2.75, 3.05) is 0 Å². The Bertz CT molecular complexity index is 1800. The van der Waals surface area contributed by atoms with Crippen molar-refractivity contribution in [1.29, 1.82) is 0 Å². The predicted octanol–water partition coefficient (Wildman–Crippen LogP) is 8.41. The Morgan fingerprint density at radius 2 is 0.953 bits per heavy atom. The number of hydrogen-bond acceptors (Lipinski definition) is 4. The first-order chi connectivity index (χ1) is 20.5. The Hall–Kier alpha value is -4.70. The minimum atomic E-state index is 0.216. The summed E-state index contributed by atoms with van der Waals surface area (Å²) in [5, 5.41) is 41.9. The van der Waals surface area contributed by atoms with E-state index >= 15 is 0 Å². The van der Waals surface area contributed by atoms with Gasteiger partial charge in [-0.05, 0) is 126 Å². The molecule has 0 saturated carbocycles. The smallest absolute Gasteiger partial charge is 0.122 e. The zero-order valence-corrected chi connectivity index (χ0v) is 25.6. The van der Waals surface area contributed by atoms with Gasteiger partial charge >= 0.3 is 0 Å². The molecule has 5 aromatic carbocycles. The second-order valence-electron chi connectivity index (χ2n) is 12.0. The summed E-state index contributed by atoms with van der Waals surface area (Å²) in [6, 6.07) is 25.4. The second-order valence-corrected chi connectivity index (χ2v) is 12.0. The molecule has 220 valence electrons. The van der Waals surface area contributed by atoms with E-state index in [1.165, 1.54) is 22.3 Å². The van der Waals surface area contributed by atoms with Crippen LogP contribution < -0.4 is 0 Å². The number of aromatic hydroxyl groups is 4. The highest BCUT2D eigenvalue weighted by Gasteiger charge is 2.15. The van der Waals surface area contributed by atoms with Gasteiger partial charge in [0.1, 0.15) is 23.0 Å². The van der Waals surface area contributed by atoms with Crippen LogP contribution in [0.15, 0.2) is 78.9 Å². The highest BCUT2D eigenvalue weighted by molar-refractivity contribution is 5.52. The summed E-state index contributed by atoms with van der Waals surface area (Å²) in [5.74, 6) is 1.12. The fourth-order valence-electron chi connectivity index (χ4n) is 6.00. The molecule has 4 nitrogen and oxygen atoms in total. The standard InChI is InChI=1S/C39H40O4/c1-23-12-33(20-31-16-26(4)38(42)35(21-31)18-28-6-9-36(40)10-7-28)39(43)34(13-23)22-32-19-30(14-24(2)27(32)5)17-29-8-11-37(41)25(3)15-29/h6-16,19,21,40-43H,17-18,20,22H2,1-5H3. The summed E-state index contributed by atoms with van der Waals surface area (Å²) in [5.41, 5.74) is 13.3. The van der Waals surface area contributed by atoms with Crippen LogP contribution in [0.5, 0.6) is 23.0 Å². The number of phenols is 4. The van der Waals surface area contributed by atoms with Crippen molar-refractivity contribution >= 4 is 0 Å². The molecule has 5 rings (SSSR count). The topological polar surface area (TPSA) is 80.9 Å². The SMILES string of the molecule is Cc1cc(Cc2cc(C)c(O)c(Cc3ccc(O)cc3)c2)c(O)c(Cc2cc(Cc3ccc(O)c(C)c3)cc(C)c2C)c1. The first-order valence-electron chi connectivity index (χ1n) is 14.7. The van der Waals surface area contributed by atoms with Gasteiger partial charge in [0.05, 0.1) is 0 Å². The van der Waals surface area contributed by atoms with Gasteiger partial charge in [0.2, 0.25) is 0 Å². The van der Waals surface area contributed by atoms with Crippen LogP contribution in [0.4, 0.5) is 0 Å². The summed E-state index contributed by atoms with van der Waals surface area (Å²) in [6.45, 7) is 10.2. The van der Waals surface area contributed by atoms with Gasteiger partial charge in [0.15, 0.2) is 0 Å². The molecule has 0 aliphatic heterocycles. The number of rotatable bonds is 8. The van der Waals surface area contributed by atoms with Crippen LogP contribution in [0.25, 0.3) is 0 Å². The fraction of sp³-hybridized carbons (Fsp3) is 0.231. The lowest BCUT2D eigenvalue weighted by Crippen LogP contribution is -2.01. The van der Waals surface area contributed by atoms with Crippen molar-refractivity contribution in [3.63, 3.8) is 0 Å². The third-order valence-electron chi connectivity index (χ3n) is 8.46. The van der Waals surface area contributed by atoms with E-state index in [4.69, 9.17) is 0 Å². The van der Waals surface area contributed by atoms with Gasteiger partial charge in [-0.15, -0.1) is 0 Å². The first kappa shape index (κ1) is 29.8. The van der Waals surface area contributed by atoms with Crippen LogP contribution >= 0.6 is 0 Å². The van der Waals surface area contributed by atoms with Crippen molar-refractivity contribution in [2.45, 2.75) is 60.3 Å². The van der Waals surface area contributed by atoms with Gasteiger partial charge in [0, 0.05) is 19.3 Å². The van der Waals surface area contributed by atoms with Crippen LogP contribution in [0, 0.1) is 34.6 Å². The van der Waals surface area contributed by atoms with Gasteiger partial charge in [-0.25, -0.2) is 0 Å². The Kier molecular flexibility index (Phi) is 8.50. The maximum atomic E-state index is 11.5. The molecule has 0 heterocycles. The molecule has 0 saturated heterocycles. The Labute approximate surface area is 254 Å². The molecule has 0 aromatic heterocycles. The normalized spacial score (nSPS) is 11.2. The number of phenolic OH excluding ortho intramolecular Hbond substituents is 4. The highest BCUT2D eigenvalue weighted by Crippen LogP contribution is 2.33. The van der Waals surface area contributed by atoms with Gasteiger partial charge in [0.25, 0.3) is 0 Å². The molecular formula is C39H40O4. The summed E-state index contributed by atoms with van der Waals surface area (Å²) >= 11 is 0. The lowest BCUT2D eigenvalue weighted by molar-refractivity contribution is 0.462. The van der Waals surface area contributed by atoms with Crippen molar-refractivity contribution in [1.82, 2.24) is 0 Å². The van der Waals surface area contributed by atoms with Gasteiger partial charge in [-0.1, -0.05) is 66.2 Å². The van der Waals surface area contributed by atoms with Crippen molar-refractivity contribution in [2.24, 2.45) is 0 Å². The molecule has 0 aliphatic rings. The molecule has 0 atom stereocenters. The molecule has 0 aliphatic carbocycles. The predicted molar refractivity (Wildman–Crippen MR) is 174 cm³/mol. The first-order valence-corrected chi connectivity index (χ1v) is 14.7. The molecule has 5 aromatic rings. The average Bonchev–Trinajstić information content (AvgIpc) is 2.95. The minimum absolute atomic E-state index is 0.216. The average molecular weight is 573 g/mol. The molecule has 4 heteroatoms. The molecule has 0 bridgehead atoms. The molecule has 0 spiro atoms. The zero-order valence-electron chi connectivity index (χ0n) is 25.6. The Morgan fingerprint density at radius 1 is 0.419 bits per heavy atom. The summed E-state index contributed by atoms with van der Waals surface area (Å²) < 4.78 is 0. The molecule has 0 fully saturated rings. The fourth-order valence-corrected chi connectivity index (χ4v) is 6.00. The van der Waals surface area contributed by atoms with Crippen molar-refractivity contribution in [3.05, 3.63) is 151 Å². The minimum Gasteiger partial charge on any atom is -0.508 e. The third kappa shape index (κ3) is 6.86. The van der Waals surface area contributed by atoms with E-state index in [1.54, 1.807) is 18.2 Å². The van der Waals surface area contributed by atoms with Gasteiger partial charge in [-0.3, -0.25) is 0 Å². The van der Waals surface area contributed by atoms with E-state index < -0.39 is 0 Å². The van der Waals surface area contributed by atoms with E-state index in [-0.39, 0.29) is 11.5 Å². The molecule has 0 amide bonds. The highest BCUT2D eigenvalue weighted by atomic mass is 16.3. The maximum absolute atomic E-state index is 11.5. The largest absolute Gasteiger partial charge is 0.508 e. The van der Waals surface area contributed by atoms with Crippen LogP contribution in [-0.4, -0.2) is 20.4 Å². The van der Waals surface area contributed by atoms with E-state index in [2.05, 4.69) is 39.0 Å². The van der Waals surface area contributed by atoms with Gasteiger partial charge < -0.3 is 20.4 Å². The summed E-state index contributed by atoms with van der Waals surface area (Å²) in [7, 11) is 0. The quantitative estimate of drug-likeness (QED) is 0.150. The number of hydrogen-bond donors (Lipinski definition) is 4. The lowest BCUT2D eigenvalue weighted by Gasteiger charge is -2.17. The summed E-state index contributed by atoms with van der Waals surface area (Å²) in [6.07, 6.45) is 2.48. The van der Waals surface area contributed by atoms with Crippen LogP contribution in [0.2, 0.25) is 0 Å². The van der Waals surface area contributed by atoms with Crippen molar-refractivity contribution < 1.29 is 20.4 Å².